The summed E-state index contributed by atoms with van der Waals surface area (Å²) in [6.07, 6.45) is -1.11. The van der Waals surface area contributed by atoms with Crippen molar-refractivity contribution in [3.8, 4) is 5.88 Å². The van der Waals surface area contributed by atoms with E-state index in [1.165, 1.54) is 17.2 Å². The SMILES string of the molecule is Cc1nc(N[C@H](C)c2cccc(C(F)F)n2)c2cc(N(C)c3cnc(O)c(CC(=O)N(C)C)c3)ccc2n1. The van der Waals surface area contributed by atoms with Gasteiger partial charge in [-0.2, -0.15) is 0 Å². The number of rotatable bonds is 8. The van der Waals surface area contributed by atoms with Gasteiger partial charge >= 0.3 is 0 Å². The predicted octanol–water partition coefficient (Wildman–Crippen LogP) is 4.94. The summed E-state index contributed by atoms with van der Waals surface area (Å²) in [5.74, 6) is 0.754. The number of likely N-dealkylation sites (N-methyl/N-ethyl adjacent to an activating group) is 1. The van der Waals surface area contributed by atoms with Crippen molar-refractivity contribution in [3.05, 3.63) is 71.4 Å². The fraction of sp³-hybridized carbons (Fsp3) is 0.296. The number of pyridine rings is 2. The Kier molecular flexibility index (Phi) is 7.65. The molecule has 0 spiro atoms. The normalized spacial score (nSPS) is 12.0. The minimum Gasteiger partial charge on any atom is -0.493 e. The van der Waals surface area contributed by atoms with Gasteiger partial charge < -0.3 is 20.2 Å². The van der Waals surface area contributed by atoms with E-state index in [4.69, 9.17) is 0 Å². The van der Waals surface area contributed by atoms with E-state index >= 15 is 0 Å². The molecule has 198 valence electrons. The quantitative estimate of drug-likeness (QED) is 0.336. The Morgan fingerprint density at radius 3 is 2.47 bits per heavy atom. The number of amides is 1. The van der Waals surface area contributed by atoms with Crippen molar-refractivity contribution in [1.29, 1.82) is 0 Å². The van der Waals surface area contributed by atoms with E-state index in [2.05, 4.69) is 25.3 Å². The third-order valence-corrected chi connectivity index (χ3v) is 6.15. The highest BCUT2D eigenvalue weighted by molar-refractivity contribution is 5.92. The van der Waals surface area contributed by atoms with E-state index in [0.29, 0.717) is 34.1 Å². The van der Waals surface area contributed by atoms with Gasteiger partial charge in [0.2, 0.25) is 11.8 Å². The standard InChI is InChI=1S/C27H29F2N7O2/c1-15(21-7-6-8-23(34-21)25(28)29)31-26-20-13-18(9-10-22(20)32-16(2)33-26)36(5)19-11-17(27(38)30-14-19)12-24(37)35(3)4/h6-11,13-15,25H,12H2,1-5H3,(H,30,38)(H,31,32,33)/t15-/m1/s1. The fourth-order valence-corrected chi connectivity index (χ4v) is 3.94. The van der Waals surface area contributed by atoms with Crippen molar-refractivity contribution in [3.63, 3.8) is 0 Å². The molecule has 0 unspecified atom stereocenters. The summed E-state index contributed by atoms with van der Waals surface area (Å²) in [4.78, 5) is 32.8. The summed E-state index contributed by atoms with van der Waals surface area (Å²) in [7, 11) is 5.15. The molecular formula is C27H29F2N7O2. The van der Waals surface area contributed by atoms with E-state index < -0.39 is 12.5 Å². The highest BCUT2D eigenvalue weighted by atomic mass is 19.3. The number of hydrogen-bond acceptors (Lipinski definition) is 8. The molecule has 4 rings (SSSR count). The van der Waals surface area contributed by atoms with Crippen LogP contribution >= 0.6 is 0 Å². The molecule has 0 aliphatic carbocycles. The van der Waals surface area contributed by atoms with Crippen molar-refractivity contribution in [1.82, 2.24) is 24.8 Å². The van der Waals surface area contributed by atoms with Crippen LogP contribution in [0.15, 0.2) is 48.7 Å². The molecule has 0 aliphatic rings. The first-order valence-corrected chi connectivity index (χ1v) is 11.9. The van der Waals surface area contributed by atoms with Crippen LogP contribution in [0.25, 0.3) is 10.9 Å². The predicted molar refractivity (Wildman–Crippen MR) is 142 cm³/mol. The molecule has 0 saturated heterocycles. The Morgan fingerprint density at radius 1 is 1.03 bits per heavy atom. The lowest BCUT2D eigenvalue weighted by Crippen LogP contribution is -2.23. The van der Waals surface area contributed by atoms with Crippen LogP contribution in [0, 0.1) is 6.92 Å². The molecule has 9 nitrogen and oxygen atoms in total. The van der Waals surface area contributed by atoms with Crippen LogP contribution in [0.5, 0.6) is 5.88 Å². The maximum Gasteiger partial charge on any atom is 0.280 e. The summed E-state index contributed by atoms with van der Waals surface area (Å²) in [6.45, 7) is 3.61. The number of nitrogens with zero attached hydrogens (tertiary/aromatic N) is 6. The highest BCUT2D eigenvalue weighted by Crippen LogP contribution is 2.32. The number of aromatic hydroxyl groups is 1. The molecular weight excluding hydrogens is 492 g/mol. The number of fused-ring (bicyclic) bond motifs is 1. The van der Waals surface area contributed by atoms with Gasteiger partial charge in [-0.1, -0.05) is 6.07 Å². The second-order valence-corrected chi connectivity index (χ2v) is 9.18. The molecule has 0 fully saturated rings. The van der Waals surface area contributed by atoms with Crippen molar-refractivity contribution >= 4 is 34.0 Å². The fourth-order valence-electron chi connectivity index (χ4n) is 3.94. The lowest BCUT2D eigenvalue weighted by Gasteiger charge is -2.22. The summed E-state index contributed by atoms with van der Waals surface area (Å²) < 4.78 is 26.3. The zero-order valence-electron chi connectivity index (χ0n) is 21.8. The zero-order chi connectivity index (χ0) is 27.6. The number of alkyl halides is 2. The van der Waals surface area contributed by atoms with Crippen LogP contribution in [0.1, 0.15) is 42.2 Å². The molecule has 0 bridgehead atoms. The van der Waals surface area contributed by atoms with Crippen LogP contribution in [-0.4, -0.2) is 57.0 Å². The number of aromatic nitrogens is 4. The summed E-state index contributed by atoms with van der Waals surface area (Å²) in [6, 6.07) is 11.5. The van der Waals surface area contributed by atoms with Crippen LogP contribution in [0.4, 0.5) is 26.0 Å². The monoisotopic (exact) mass is 521 g/mol. The molecule has 0 saturated carbocycles. The lowest BCUT2D eigenvalue weighted by molar-refractivity contribution is -0.128. The first-order chi connectivity index (χ1) is 18.0. The van der Waals surface area contributed by atoms with Crippen LogP contribution in [-0.2, 0) is 11.2 Å². The zero-order valence-corrected chi connectivity index (χ0v) is 21.8. The molecule has 2 N–H and O–H groups in total. The Hall–Kier alpha value is -4.41. The Balaban J connectivity index is 1.67. The number of nitrogens with one attached hydrogen (secondary N) is 1. The molecule has 4 aromatic rings. The maximum absolute atomic E-state index is 13.2. The molecule has 0 radical (unpaired) electrons. The maximum atomic E-state index is 13.2. The number of carbonyl (C=O) groups is 1. The molecule has 3 heterocycles. The molecule has 1 aromatic carbocycles. The lowest BCUT2D eigenvalue weighted by atomic mass is 10.1. The molecule has 1 atom stereocenters. The number of benzene rings is 1. The van der Waals surface area contributed by atoms with E-state index in [9.17, 15) is 18.7 Å². The van der Waals surface area contributed by atoms with Gasteiger partial charge in [0.05, 0.1) is 35.6 Å². The van der Waals surface area contributed by atoms with Crippen LogP contribution < -0.4 is 10.2 Å². The smallest absolute Gasteiger partial charge is 0.280 e. The van der Waals surface area contributed by atoms with Gasteiger partial charge in [0.1, 0.15) is 17.3 Å². The van der Waals surface area contributed by atoms with Gasteiger partial charge in [-0.25, -0.2) is 28.7 Å². The number of halogens is 2. The second-order valence-electron chi connectivity index (χ2n) is 9.18. The first kappa shape index (κ1) is 26.6. The average molecular weight is 522 g/mol. The van der Waals surface area contributed by atoms with Gasteiger partial charge in [0, 0.05) is 37.8 Å². The Labute approximate surface area is 219 Å². The highest BCUT2D eigenvalue weighted by Gasteiger charge is 2.17. The molecule has 38 heavy (non-hydrogen) atoms. The van der Waals surface area contributed by atoms with E-state index in [0.717, 1.165) is 11.1 Å². The van der Waals surface area contributed by atoms with Crippen LogP contribution in [0.2, 0.25) is 0 Å². The molecule has 1 amide bonds. The number of hydrogen-bond donors (Lipinski definition) is 2. The summed E-state index contributed by atoms with van der Waals surface area (Å²) >= 11 is 0. The minimum atomic E-state index is -2.65. The third kappa shape index (κ3) is 5.77. The number of carbonyl (C=O) groups excluding carboxylic acids is 1. The van der Waals surface area contributed by atoms with Gasteiger partial charge in [-0.15, -0.1) is 0 Å². The molecule has 0 aliphatic heterocycles. The average Bonchev–Trinajstić information content (AvgIpc) is 2.89. The largest absolute Gasteiger partial charge is 0.493 e. The minimum absolute atomic E-state index is 0.0190. The summed E-state index contributed by atoms with van der Waals surface area (Å²) in [5, 5.41) is 14.2. The third-order valence-electron chi connectivity index (χ3n) is 6.15. The summed E-state index contributed by atoms with van der Waals surface area (Å²) in [5.41, 5.74) is 2.78. The van der Waals surface area contributed by atoms with Gasteiger partial charge in [-0.05, 0) is 50.2 Å². The molecule has 3 aromatic heterocycles. The van der Waals surface area contributed by atoms with Crippen molar-refractivity contribution in [2.45, 2.75) is 32.7 Å². The van der Waals surface area contributed by atoms with Crippen molar-refractivity contribution in [2.24, 2.45) is 0 Å². The first-order valence-electron chi connectivity index (χ1n) is 11.9. The van der Waals surface area contributed by atoms with Gasteiger partial charge in [-0.3, -0.25) is 4.79 Å². The topological polar surface area (TPSA) is 107 Å². The Bertz CT molecular complexity index is 1480. The number of anilines is 3. The molecule has 11 heteroatoms. The van der Waals surface area contributed by atoms with Crippen molar-refractivity contribution < 1.29 is 18.7 Å². The van der Waals surface area contributed by atoms with Gasteiger partial charge in [0.15, 0.2) is 0 Å². The van der Waals surface area contributed by atoms with Crippen molar-refractivity contribution in [2.75, 3.05) is 31.4 Å². The van der Waals surface area contributed by atoms with E-state index in [1.807, 2.05) is 37.1 Å². The Morgan fingerprint density at radius 2 is 1.76 bits per heavy atom. The van der Waals surface area contributed by atoms with E-state index in [1.54, 1.807) is 39.2 Å². The van der Waals surface area contributed by atoms with Crippen LogP contribution in [0.3, 0.4) is 0 Å². The second kappa shape index (κ2) is 10.9. The van der Waals surface area contributed by atoms with E-state index in [-0.39, 0.29) is 23.9 Å². The van der Waals surface area contributed by atoms with Gasteiger partial charge in [0.25, 0.3) is 6.43 Å². The number of aryl methyl sites for hydroxylation is 1.